The van der Waals surface area contributed by atoms with E-state index in [0.29, 0.717) is 28.3 Å². The van der Waals surface area contributed by atoms with Gasteiger partial charge in [0, 0.05) is 35.4 Å². The number of anilines is 1. The fourth-order valence-electron chi connectivity index (χ4n) is 3.19. The Morgan fingerprint density at radius 1 is 1.14 bits per heavy atom. The Kier molecular flexibility index (Phi) is 5.44. The Morgan fingerprint density at radius 3 is 2.76 bits per heavy atom. The first kappa shape index (κ1) is 19.0. The van der Waals surface area contributed by atoms with E-state index in [9.17, 15) is 9.18 Å². The van der Waals surface area contributed by atoms with Crippen LogP contribution in [0.25, 0.3) is 0 Å². The minimum Gasteiger partial charge on any atom is -0.489 e. The van der Waals surface area contributed by atoms with E-state index in [1.807, 2.05) is 30.3 Å². The smallest absolute Gasteiger partial charge is 0.227 e. The second-order valence-electron chi connectivity index (χ2n) is 6.72. The number of amides is 1. The van der Waals surface area contributed by atoms with E-state index >= 15 is 0 Å². The number of ether oxygens (including phenoxy) is 3. The van der Waals surface area contributed by atoms with Crippen molar-refractivity contribution in [2.45, 2.75) is 26.4 Å². The van der Waals surface area contributed by atoms with Gasteiger partial charge in [0.25, 0.3) is 0 Å². The lowest BCUT2D eigenvalue weighted by atomic mass is 10.1. The van der Waals surface area contributed by atoms with Crippen molar-refractivity contribution in [1.29, 1.82) is 0 Å². The summed E-state index contributed by atoms with van der Waals surface area (Å²) in [6, 6.07) is 19.4. The number of carbonyl (C=O) groups is 1. The monoisotopic (exact) mass is 393 g/mol. The predicted octanol–water partition coefficient (Wildman–Crippen LogP) is 4.97. The number of hydrogen-bond acceptors (Lipinski definition) is 4. The second-order valence-corrected chi connectivity index (χ2v) is 6.72. The third-order valence-corrected chi connectivity index (χ3v) is 4.44. The van der Waals surface area contributed by atoms with Gasteiger partial charge in [0.15, 0.2) is 0 Å². The van der Waals surface area contributed by atoms with Gasteiger partial charge in [-0.25, -0.2) is 4.39 Å². The van der Waals surface area contributed by atoms with Crippen LogP contribution in [-0.4, -0.2) is 5.91 Å². The highest BCUT2D eigenvalue weighted by atomic mass is 19.1. The maximum Gasteiger partial charge on any atom is 0.227 e. The zero-order valence-electron chi connectivity index (χ0n) is 15.9. The molecule has 0 aromatic heterocycles. The Balaban J connectivity index is 1.54. The van der Waals surface area contributed by atoms with Crippen molar-refractivity contribution in [3.63, 3.8) is 0 Å². The lowest BCUT2D eigenvalue weighted by Crippen LogP contribution is -2.19. The summed E-state index contributed by atoms with van der Waals surface area (Å²) in [6.45, 7) is 1.80. The van der Waals surface area contributed by atoms with Crippen molar-refractivity contribution in [3.8, 4) is 11.5 Å². The molecule has 0 aliphatic carbocycles. The summed E-state index contributed by atoms with van der Waals surface area (Å²) in [7, 11) is 0. The molecule has 0 radical (unpaired) electrons. The van der Waals surface area contributed by atoms with Crippen LogP contribution in [0, 0.1) is 5.82 Å². The number of fused-ring (bicyclic) bond motifs is 1. The van der Waals surface area contributed by atoms with E-state index in [2.05, 4.69) is 5.32 Å². The van der Waals surface area contributed by atoms with Crippen LogP contribution < -0.4 is 14.8 Å². The van der Waals surface area contributed by atoms with Gasteiger partial charge in [-0.3, -0.25) is 4.79 Å². The van der Waals surface area contributed by atoms with E-state index in [1.54, 1.807) is 24.3 Å². The molecule has 1 N–H and O–H groups in total. The van der Waals surface area contributed by atoms with Gasteiger partial charge in [-0.05, 0) is 24.3 Å². The first-order valence-corrected chi connectivity index (χ1v) is 9.23. The highest BCUT2D eigenvalue weighted by Crippen LogP contribution is 2.37. The molecule has 1 amide bonds. The molecule has 0 unspecified atom stereocenters. The molecule has 0 saturated carbocycles. The molecule has 1 atom stereocenters. The van der Waals surface area contributed by atoms with Crippen LogP contribution in [0.15, 0.2) is 66.7 Å². The SMILES string of the molecule is CC(=O)Nc1cccc(OCc2cc(F)cc3c2O[C@@H](c2ccccc2)OC3)c1. The maximum atomic E-state index is 14.1. The van der Waals surface area contributed by atoms with Gasteiger partial charge in [-0.2, -0.15) is 0 Å². The lowest BCUT2D eigenvalue weighted by molar-refractivity contribution is -0.114. The molecule has 3 aromatic carbocycles. The number of carbonyl (C=O) groups excluding carboxylic acids is 1. The second kappa shape index (κ2) is 8.32. The molecule has 4 rings (SSSR count). The van der Waals surface area contributed by atoms with Crippen molar-refractivity contribution < 1.29 is 23.4 Å². The molecule has 148 valence electrons. The van der Waals surface area contributed by atoms with Gasteiger partial charge >= 0.3 is 0 Å². The number of rotatable bonds is 5. The van der Waals surface area contributed by atoms with Crippen LogP contribution in [0.1, 0.15) is 29.9 Å². The molecule has 0 fully saturated rings. The zero-order valence-corrected chi connectivity index (χ0v) is 15.9. The third-order valence-electron chi connectivity index (χ3n) is 4.44. The Bertz CT molecular complexity index is 1020. The van der Waals surface area contributed by atoms with Crippen molar-refractivity contribution in [1.82, 2.24) is 0 Å². The molecule has 0 bridgehead atoms. The van der Waals surface area contributed by atoms with E-state index in [1.165, 1.54) is 19.1 Å². The van der Waals surface area contributed by atoms with Crippen LogP contribution in [0.2, 0.25) is 0 Å². The van der Waals surface area contributed by atoms with Crippen LogP contribution in [-0.2, 0) is 22.7 Å². The minimum atomic E-state index is -0.559. The van der Waals surface area contributed by atoms with Gasteiger partial charge in [-0.1, -0.05) is 36.4 Å². The average molecular weight is 393 g/mol. The Labute approximate surface area is 168 Å². The molecule has 5 nitrogen and oxygen atoms in total. The zero-order chi connectivity index (χ0) is 20.2. The molecule has 1 heterocycles. The topological polar surface area (TPSA) is 56.8 Å². The molecule has 3 aromatic rings. The molecule has 29 heavy (non-hydrogen) atoms. The van der Waals surface area contributed by atoms with Crippen LogP contribution >= 0.6 is 0 Å². The van der Waals surface area contributed by atoms with Gasteiger partial charge in [0.1, 0.15) is 23.9 Å². The number of nitrogens with one attached hydrogen (secondary N) is 1. The molecule has 6 heteroatoms. The molecule has 0 saturated heterocycles. The Morgan fingerprint density at radius 2 is 1.97 bits per heavy atom. The summed E-state index contributed by atoms with van der Waals surface area (Å²) in [5.74, 6) is 0.590. The van der Waals surface area contributed by atoms with E-state index in [4.69, 9.17) is 14.2 Å². The number of benzene rings is 3. The van der Waals surface area contributed by atoms with E-state index in [-0.39, 0.29) is 24.9 Å². The lowest BCUT2D eigenvalue weighted by Gasteiger charge is -2.28. The normalized spacial score (nSPS) is 15.2. The summed E-state index contributed by atoms with van der Waals surface area (Å²) < 4.78 is 31.7. The van der Waals surface area contributed by atoms with E-state index < -0.39 is 6.29 Å². The van der Waals surface area contributed by atoms with Gasteiger partial charge < -0.3 is 19.5 Å². The van der Waals surface area contributed by atoms with E-state index in [0.717, 1.165) is 5.56 Å². The van der Waals surface area contributed by atoms with Gasteiger partial charge in [0.2, 0.25) is 12.2 Å². The molecule has 0 spiro atoms. The highest BCUT2D eigenvalue weighted by Gasteiger charge is 2.25. The summed E-state index contributed by atoms with van der Waals surface area (Å²) >= 11 is 0. The Hall–Kier alpha value is -3.38. The maximum absolute atomic E-state index is 14.1. The van der Waals surface area contributed by atoms with Crippen molar-refractivity contribution in [2.24, 2.45) is 0 Å². The molecular weight excluding hydrogens is 373 g/mol. The first-order chi connectivity index (χ1) is 14.1. The molecule has 1 aliphatic heterocycles. The number of hydrogen-bond donors (Lipinski definition) is 1. The van der Waals surface area contributed by atoms with Gasteiger partial charge in [0.05, 0.1) is 6.61 Å². The molecule has 1 aliphatic rings. The summed E-state index contributed by atoms with van der Waals surface area (Å²) in [4.78, 5) is 11.2. The number of halogens is 1. The quantitative estimate of drug-likeness (QED) is 0.665. The summed E-state index contributed by atoms with van der Waals surface area (Å²) in [6.07, 6.45) is -0.559. The summed E-state index contributed by atoms with van der Waals surface area (Å²) in [5, 5.41) is 2.71. The average Bonchev–Trinajstić information content (AvgIpc) is 2.72. The van der Waals surface area contributed by atoms with Crippen LogP contribution in [0.5, 0.6) is 11.5 Å². The van der Waals surface area contributed by atoms with Crippen molar-refractivity contribution in [3.05, 3.63) is 89.2 Å². The van der Waals surface area contributed by atoms with Crippen LogP contribution in [0.3, 0.4) is 0 Å². The van der Waals surface area contributed by atoms with Crippen molar-refractivity contribution in [2.75, 3.05) is 5.32 Å². The van der Waals surface area contributed by atoms with Gasteiger partial charge in [-0.15, -0.1) is 0 Å². The summed E-state index contributed by atoms with van der Waals surface area (Å²) in [5.41, 5.74) is 2.75. The standard InChI is InChI=1S/C23H20FNO4/c1-15(26)25-20-8-5-9-21(12-20)27-13-17-10-19(24)11-18-14-28-23(29-22(17)18)16-6-3-2-4-7-16/h2-12,23H,13-14H2,1H3,(H,25,26)/t23-/m0/s1. The first-order valence-electron chi connectivity index (χ1n) is 9.23. The minimum absolute atomic E-state index is 0.116. The van der Waals surface area contributed by atoms with Crippen LogP contribution in [0.4, 0.5) is 10.1 Å². The predicted molar refractivity (Wildman–Crippen MR) is 106 cm³/mol. The third kappa shape index (κ3) is 4.55. The largest absolute Gasteiger partial charge is 0.489 e. The van der Waals surface area contributed by atoms with Crippen molar-refractivity contribution >= 4 is 11.6 Å². The fraction of sp³-hybridized carbons (Fsp3) is 0.174. The highest BCUT2D eigenvalue weighted by molar-refractivity contribution is 5.88. The fourth-order valence-corrected chi connectivity index (χ4v) is 3.19. The molecular formula is C23H20FNO4.